The van der Waals surface area contributed by atoms with Crippen LogP contribution in [0.4, 0.5) is 0 Å². The molecule has 2 radical (unpaired) electrons. The number of allylic oxidation sites excluding steroid dienone is 4. The Hall–Kier alpha value is 2.85. The van der Waals surface area contributed by atoms with Crippen molar-refractivity contribution < 1.29 is 0 Å². The van der Waals surface area contributed by atoms with Crippen molar-refractivity contribution in [2.24, 2.45) is 0 Å². The summed E-state index contributed by atoms with van der Waals surface area (Å²) in [6.45, 7) is 63.9. The van der Waals surface area contributed by atoms with Crippen molar-refractivity contribution in [3.8, 4) is 0 Å². The predicted octanol–water partition coefficient (Wildman–Crippen LogP) is 12.2. The Morgan fingerprint density at radius 1 is 0.238 bits per heavy atom. The van der Waals surface area contributed by atoms with Crippen LogP contribution in [0.3, 0.4) is 0 Å². The van der Waals surface area contributed by atoms with Gasteiger partial charge in [-0.3, -0.25) is 0 Å². The molecule has 0 aromatic carbocycles. The van der Waals surface area contributed by atoms with Crippen molar-refractivity contribution in [1.29, 1.82) is 0 Å². The zero-order valence-corrected chi connectivity index (χ0v) is 46.3. The fourth-order valence-corrected chi connectivity index (χ4v) is 95.7. The summed E-state index contributed by atoms with van der Waals surface area (Å²) in [6.07, 6.45) is 11.4. The van der Waals surface area contributed by atoms with Gasteiger partial charge in [-0.25, -0.2) is 0 Å². The topological polar surface area (TPSA) is 0 Å². The van der Waals surface area contributed by atoms with Crippen molar-refractivity contribution in [2.75, 3.05) is 0 Å². The molecular weight excluding hydrogens is 853 g/mol. The minimum absolute atomic E-state index is 0.253. The monoisotopic (exact) mass is 926 g/mol. The first kappa shape index (κ1) is 42.9. The third-order valence-electron chi connectivity index (χ3n) is 11.0. The van der Waals surface area contributed by atoms with E-state index in [-0.39, 0.29) is 43.2 Å². The molecule has 0 atom stereocenters. The van der Waals surface area contributed by atoms with E-state index in [4.69, 9.17) is 0 Å². The van der Waals surface area contributed by atoms with E-state index in [1.165, 1.54) is 0 Å². The van der Waals surface area contributed by atoms with E-state index in [9.17, 15) is 0 Å². The molecule has 42 heavy (non-hydrogen) atoms. The van der Waals surface area contributed by atoms with Crippen LogP contribution in [0.5, 0.6) is 0 Å². The van der Waals surface area contributed by atoms with Crippen LogP contribution in [0.25, 0.3) is 0 Å². The zero-order valence-electron chi connectivity index (χ0n) is 33.2. The average molecular weight is 929 g/mol. The van der Waals surface area contributed by atoms with E-state index < -0.39 is 64.6 Å². The van der Waals surface area contributed by atoms with Gasteiger partial charge in [0.1, 0.15) is 0 Å². The summed E-state index contributed by atoms with van der Waals surface area (Å²) in [5.74, 6) is 0. The third kappa shape index (κ3) is 7.38. The average Bonchev–Trinajstić information content (AvgIpc) is 3.29. The van der Waals surface area contributed by atoms with Crippen LogP contribution in [-0.4, -0.2) is 108 Å². The normalized spacial score (nSPS) is 22.7. The molecule has 2 heterocycles. The molecule has 0 spiro atoms. The van der Waals surface area contributed by atoms with E-state index in [1.54, 1.807) is 0 Å². The van der Waals surface area contributed by atoms with Crippen molar-refractivity contribution in [2.45, 2.75) is 168 Å². The second kappa shape index (κ2) is 12.3. The van der Waals surface area contributed by atoms with E-state index >= 15 is 0 Å². The van der Waals surface area contributed by atoms with E-state index in [0.717, 1.165) is 10.4 Å². The van der Waals surface area contributed by atoms with Crippen LogP contribution in [0.2, 0.25) is 168 Å². The third-order valence-corrected chi connectivity index (χ3v) is 106. The van der Waals surface area contributed by atoms with Gasteiger partial charge in [-0.1, -0.05) is 0 Å². The molecule has 0 bridgehead atoms. The van der Waals surface area contributed by atoms with Gasteiger partial charge in [-0.15, -0.1) is 0 Å². The molecule has 2 aliphatic heterocycles. The van der Waals surface area contributed by atoms with E-state index in [0.29, 0.717) is 0 Å². The van der Waals surface area contributed by atoms with Gasteiger partial charge in [0.15, 0.2) is 0 Å². The first-order chi connectivity index (χ1) is 17.8. The van der Waals surface area contributed by atoms with Gasteiger partial charge in [0.25, 0.3) is 0 Å². The Kier molecular flexibility index (Phi) is 12.6. The van der Waals surface area contributed by atoms with E-state index in [2.05, 4.69) is 181 Å². The van der Waals surface area contributed by atoms with Crippen LogP contribution in [-0.2, 0) is 0 Å². The zero-order chi connectivity index (χ0) is 34.2. The summed E-state index contributed by atoms with van der Waals surface area (Å²) in [5, 5.41) is 0. The van der Waals surface area contributed by atoms with E-state index in [1.807, 2.05) is 0 Å². The van der Waals surface area contributed by atoms with Crippen molar-refractivity contribution in [3.63, 3.8) is 0 Å². The molecular formula is C32H76Sb2Si8. The number of rotatable bonds is 8. The molecule has 0 nitrogen and oxygen atoms in total. The molecule has 2 rings (SSSR count). The maximum atomic E-state index is 2.85. The summed E-state index contributed by atoms with van der Waals surface area (Å²) in [7, 11) is -9.36. The number of hydrogen-bond acceptors (Lipinski definition) is 0. The molecule has 0 aromatic rings. The Balaban J connectivity index is 0.000000420. The molecule has 0 amide bonds. The van der Waals surface area contributed by atoms with Gasteiger partial charge < -0.3 is 0 Å². The predicted molar refractivity (Wildman–Crippen MR) is 227 cm³/mol. The molecule has 0 N–H and O–H groups in total. The molecule has 10 heteroatoms. The van der Waals surface area contributed by atoms with Crippen LogP contribution in [0.1, 0.15) is 0 Å². The van der Waals surface area contributed by atoms with Gasteiger partial charge in [0.05, 0.1) is 0 Å². The fourth-order valence-electron chi connectivity index (χ4n) is 9.03. The number of hydrogen-bond donors (Lipinski definition) is 0. The Morgan fingerprint density at radius 2 is 0.333 bits per heavy atom. The summed E-state index contributed by atoms with van der Waals surface area (Å²) in [4.78, 5) is 0. The van der Waals surface area contributed by atoms with Crippen molar-refractivity contribution in [1.82, 2.24) is 0 Å². The molecule has 246 valence electrons. The van der Waals surface area contributed by atoms with Crippen LogP contribution < -0.4 is 0 Å². The maximum absolute atomic E-state index is 2.85. The molecule has 0 aromatic heterocycles. The summed E-state index contributed by atoms with van der Waals surface area (Å²) >= 11 is -0.506. The summed E-state index contributed by atoms with van der Waals surface area (Å²) in [6, 6.07) is 0. The quantitative estimate of drug-likeness (QED) is 0.168. The Morgan fingerprint density at radius 3 is 0.381 bits per heavy atom. The molecule has 0 fully saturated rings. The fraction of sp³-hybridized carbons (Fsp3) is 0.875. The van der Waals surface area contributed by atoms with Gasteiger partial charge in [0.2, 0.25) is 0 Å². The van der Waals surface area contributed by atoms with Gasteiger partial charge in [-0.2, -0.15) is 0 Å². The molecule has 0 unspecified atom stereocenters. The standard InChI is InChI=1S/2C16H38Si4.2Sb/c2*1-17(2,3)15(18(4,5)6)13-14-16(19(7,8)9)20(10,11)12;;/h2*13-14H,1-12H3;;. The van der Waals surface area contributed by atoms with Crippen molar-refractivity contribution in [3.05, 3.63) is 24.3 Å². The van der Waals surface area contributed by atoms with Gasteiger partial charge in [-0.05, 0) is 0 Å². The Bertz CT molecular complexity index is 802. The SMILES string of the molecule is C[Si](C)(C)[C]1([Si](C)(C)C)C=C[C]([Si](C)(C)C)([Si](C)(C)C)[Sb]1.C[Si](C)(C)[C]1([Si](C)(C)C)C=C[C]([Si](C)(C)C)([Si](C)(C)C)[Sb]1. The molecule has 0 aliphatic carbocycles. The first-order valence-corrected chi connectivity index (χ1v) is 49.8. The first-order valence-electron chi connectivity index (χ1n) is 16.7. The van der Waals surface area contributed by atoms with Crippen LogP contribution in [0, 0.1) is 0 Å². The molecule has 0 saturated heterocycles. The summed E-state index contributed by atoms with van der Waals surface area (Å²) < 4.78 is 2.94. The van der Waals surface area contributed by atoms with Crippen LogP contribution >= 0.6 is 0 Å². The van der Waals surface area contributed by atoms with Gasteiger partial charge in [0, 0.05) is 0 Å². The van der Waals surface area contributed by atoms with Crippen molar-refractivity contribution >= 4 is 108 Å². The molecule has 2 aliphatic rings. The second-order valence-corrected chi connectivity index (χ2v) is 85.6. The van der Waals surface area contributed by atoms with Crippen LogP contribution in [0.15, 0.2) is 24.3 Å². The summed E-state index contributed by atoms with van der Waals surface area (Å²) in [5.41, 5.74) is 0. The Labute approximate surface area is 296 Å². The molecule has 0 saturated carbocycles. The second-order valence-electron chi connectivity index (χ2n) is 22.0. The minimum atomic E-state index is -1.17. The van der Waals surface area contributed by atoms with Gasteiger partial charge >= 0.3 is 300 Å².